The molecule has 0 nitrogen and oxygen atoms in total. The molecule has 0 aliphatic carbocycles. The molecule has 0 saturated heterocycles. The number of halogens is 2. The summed E-state index contributed by atoms with van der Waals surface area (Å²) in [5.74, 6) is 0. The van der Waals surface area contributed by atoms with Crippen molar-refractivity contribution in [1.82, 2.24) is 0 Å². The number of aryl methyl sites for hydroxylation is 1. The van der Waals surface area contributed by atoms with Crippen molar-refractivity contribution in [1.29, 1.82) is 0 Å². The van der Waals surface area contributed by atoms with Crippen molar-refractivity contribution < 1.29 is 0 Å². The number of rotatable bonds is 3. The summed E-state index contributed by atoms with van der Waals surface area (Å²) in [5, 5.41) is 1.19. The molecule has 2 aromatic carbocycles. The Morgan fingerprint density at radius 2 is 1.53 bits per heavy atom. The van der Waals surface area contributed by atoms with Gasteiger partial charge in [-0.2, -0.15) is 0 Å². The maximum Gasteiger partial charge on any atom is 0.0603 e. The Labute approximate surface area is 116 Å². The second-order valence-corrected chi connectivity index (χ2v) is 5.64. The fourth-order valence-corrected chi connectivity index (χ4v) is 2.69. The lowest BCUT2D eigenvalue weighted by Gasteiger charge is -2.04. The lowest BCUT2D eigenvalue weighted by molar-refractivity contribution is 1.13. The first-order chi connectivity index (χ1) is 8.19. The van der Waals surface area contributed by atoms with Gasteiger partial charge in [0.05, 0.1) is 10.0 Å². The van der Waals surface area contributed by atoms with Gasteiger partial charge in [0.25, 0.3) is 0 Å². The molecule has 3 heteroatoms. The van der Waals surface area contributed by atoms with Crippen LogP contribution in [0.25, 0.3) is 0 Å². The Morgan fingerprint density at radius 3 is 2.12 bits per heavy atom. The summed E-state index contributed by atoms with van der Waals surface area (Å²) in [7, 11) is 0. The lowest BCUT2D eigenvalue weighted by atomic mass is 10.2. The molecule has 17 heavy (non-hydrogen) atoms. The molecular formula is C14H12Cl2S. The normalized spacial score (nSPS) is 10.5. The van der Waals surface area contributed by atoms with E-state index in [9.17, 15) is 0 Å². The first-order valence-corrected chi connectivity index (χ1v) is 6.98. The molecule has 0 spiro atoms. The zero-order valence-electron chi connectivity index (χ0n) is 9.41. The highest BCUT2D eigenvalue weighted by Gasteiger charge is 2.01. The summed E-state index contributed by atoms with van der Waals surface area (Å²) in [5.41, 5.74) is 1.35. The van der Waals surface area contributed by atoms with Gasteiger partial charge in [0.15, 0.2) is 0 Å². The van der Waals surface area contributed by atoms with Gasteiger partial charge in [0.2, 0.25) is 0 Å². The molecule has 0 aliphatic rings. The van der Waals surface area contributed by atoms with Gasteiger partial charge in [-0.1, -0.05) is 54.0 Å². The molecule has 0 N–H and O–H groups in total. The second-order valence-electron chi connectivity index (χ2n) is 3.68. The highest BCUT2D eigenvalue weighted by molar-refractivity contribution is 7.99. The predicted molar refractivity (Wildman–Crippen MR) is 76.4 cm³/mol. The maximum atomic E-state index is 5.98. The average molecular weight is 283 g/mol. The Morgan fingerprint density at radius 1 is 0.882 bits per heavy atom. The Balaban J connectivity index is 2.16. The van der Waals surface area contributed by atoms with E-state index in [1.165, 1.54) is 10.5 Å². The van der Waals surface area contributed by atoms with Crippen molar-refractivity contribution in [3.8, 4) is 0 Å². The van der Waals surface area contributed by atoms with Gasteiger partial charge in [-0.3, -0.25) is 0 Å². The molecule has 0 aromatic heterocycles. The van der Waals surface area contributed by atoms with Crippen molar-refractivity contribution >= 4 is 35.0 Å². The van der Waals surface area contributed by atoms with E-state index < -0.39 is 0 Å². The van der Waals surface area contributed by atoms with E-state index in [2.05, 4.69) is 31.2 Å². The van der Waals surface area contributed by atoms with Crippen LogP contribution in [-0.4, -0.2) is 0 Å². The molecular weight excluding hydrogens is 271 g/mol. The van der Waals surface area contributed by atoms with Gasteiger partial charge in [0, 0.05) is 9.79 Å². The molecule has 88 valence electrons. The molecule has 0 amide bonds. The summed E-state index contributed by atoms with van der Waals surface area (Å²) in [6.45, 7) is 2.15. The average Bonchev–Trinajstić information content (AvgIpc) is 2.35. The minimum Gasteiger partial charge on any atom is -0.0900 e. The third kappa shape index (κ3) is 3.41. The van der Waals surface area contributed by atoms with Crippen LogP contribution in [0.4, 0.5) is 0 Å². The van der Waals surface area contributed by atoms with Crippen LogP contribution in [0.3, 0.4) is 0 Å². The largest absolute Gasteiger partial charge is 0.0900 e. The lowest BCUT2D eigenvalue weighted by Crippen LogP contribution is -1.79. The van der Waals surface area contributed by atoms with Crippen LogP contribution in [0.5, 0.6) is 0 Å². The first kappa shape index (κ1) is 12.8. The molecule has 0 saturated carbocycles. The molecule has 0 unspecified atom stereocenters. The predicted octanol–water partition coefficient (Wildman–Crippen LogP) is 5.71. The molecule has 2 aromatic rings. The van der Waals surface area contributed by atoms with Crippen molar-refractivity contribution in [2.24, 2.45) is 0 Å². The highest BCUT2D eigenvalue weighted by Crippen LogP contribution is 2.32. The van der Waals surface area contributed by atoms with E-state index in [0.717, 1.165) is 11.3 Å². The van der Waals surface area contributed by atoms with Crippen LogP contribution >= 0.6 is 35.0 Å². The van der Waals surface area contributed by atoms with Crippen molar-refractivity contribution in [2.75, 3.05) is 0 Å². The zero-order chi connectivity index (χ0) is 12.3. The van der Waals surface area contributed by atoms with E-state index in [1.54, 1.807) is 11.8 Å². The monoisotopic (exact) mass is 282 g/mol. The van der Waals surface area contributed by atoms with Crippen LogP contribution in [0.1, 0.15) is 12.5 Å². The smallest absolute Gasteiger partial charge is 0.0603 e. The fraction of sp³-hybridized carbons (Fsp3) is 0.143. The third-order valence-electron chi connectivity index (χ3n) is 2.46. The van der Waals surface area contributed by atoms with Crippen LogP contribution in [0.15, 0.2) is 52.3 Å². The fourth-order valence-electron chi connectivity index (χ4n) is 1.47. The number of benzene rings is 2. The number of hydrogen-bond acceptors (Lipinski definition) is 1. The summed E-state index contributed by atoms with van der Waals surface area (Å²) in [6.07, 6.45) is 1.07. The second kappa shape index (κ2) is 5.81. The molecule has 0 heterocycles. The van der Waals surface area contributed by atoms with Crippen LogP contribution < -0.4 is 0 Å². The van der Waals surface area contributed by atoms with Gasteiger partial charge >= 0.3 is 0 Å². The van der Waals surface area contributed by atoms with E-state index in [1.807, 2.05) is 18.2 Å². The summed E-state index contributed by atoms with van der Waals surface area (Å²) < 4.78 is 0. The first-order valence-electron chi connectivity index (χ1n) is 5.41. The Kier molecular flexibility index (Phi) is 4.38. The van der Waals surface area contributed by atoms with Gasteiger partial charge in [0.1, 0.15) is 0 Å². The van der Waals surface area contributed by atoms with E-state index >= 15 is 0 Å². The molecule has 0 radical (unpaired) electrons. The highest BCUT2D eigenvalue weighted by atomic mass is 35.5. The van der Waals surface area contributed by atoms with Gasteiger partial charge in [-0.15, -0.1) is 0 Å². The quantitative estimate of drug-likeness (QED) is 0.695. The maximum absolute atomic E-state index is 5.98. The van der Waals surface area contributed by atoms with E-state index in [-0.39, 0.29) is 0 Å². The van der Waals surface area contributed by atoms with Crippen molar-refractivity contribution in [3.05, 3.63) is 58.1 Å². The summed E-state index contributed by atoms with van der Waals surface area (Å²) in [6, 6.07) is 14.3. The standard InChI is InChI=1S/C14H12Cl2S/c1-2-10-3-5-11(6-4-10)17-12-7-8-13(15)14(16)9-12/h3-9H,2H2,1H3. The Bertz CT molecular complexity index is 506. The molecule has 0 fully saturated rings. The van der Waals surface area contributed by atoms with Crippen LogP contribution in [0, 0.1) is 0 Å². The van der Waals surface area contributed by atoms with Crippen LogP contribution in [-0.2, 0) is 6.42 Å². The molecule has 0 aliphatic heterocycles. The van der Waals surface area contributed by atoms with Gasteiger partial charge in [-0.05, 0) is 42.3 Å². The summed E-state index contributed by atoms with van der Waals surface area (Å²) >= 11 is 13.6. The van der Waals surface area contributed by atoms with E-state index in [4.69, 9.17) is 23.2 Å². The molecule has 0 atom stereocenters. The minimum atomic E-state index is 0.595. The topological polar surface area (TPSA) is 0 Å². The Hall–Kier alpha value is -0.630. The molecule has 0 bridgehead atoms. The van der Waals surface area contributed by atoms with Crippen LogP contribution in [0.2, 0.25) is 10.0 Å². The van der Waals surface area contributed by atoms with Gasteiger partial charge in [-0.25, -0.2) is 0 Å². The zero-order valence-corrected chi connectivity index (χ0v) is 11.7. The van der Waals surface area contributed by atoms with E-state index in [0.29, 0.717) is 10.0 Å². The van der Waals surface area contributed by atoms with Crippen molar-refractivity contribution in [2.45, 2.75) is 23.1 Å². The SMILES string of the molecule is CCc1ccc(Sc2ccc(Cl)c(Cl)c2)cc1. The van der Waals surface area contributed by atoms with Crippen molar-refractivity contribution in [3.63, 3.8) is 0 Å². The van der Waals surface area contributed by atoms with Gasteiger partial charge < -0.3 is 0 Å². The summed E-state index contributed by atoms with van der Waals surface area (Å²) in [4.78, 5) is 2.31. The number of hydrogen-bond donors (Lipinski definition) is 0. The third-order valence-corrected chi connectivity index (χ3v) is 4.19. The molecule has 2 rings (SSSR count). The minimum absolute atomic E-state index is 0.595.